The minimum absolute atomic E-state index is 0.614. The summed E-state index contributed by atoms with van der Waals surface area (Å²) in [5, 5.41) is 3.24. The molecule has 0 aliphatic heterocycles. The Morgan fingerprint density at radius 3 is 2.38 bits per heavy atom. The third-order valence-corrected chi connectivity index (χ3v) is 3.84. The van der Waals surface area contributed by atoms with E-state index in [2.05, 4.69) is 36.5 Å². The number of hydrogen-bond acceptors (Lipinski definition) is 1. The van der Waals surface area contributed by atoms with E-state index in [0.717, 1.165) is 12.5 Å². The molecule has 1 aliphatic carbocycles. The van der Waals surface area contributed by atoms with E-state index < -0.39 is 0 Å². The molecule has 1 saturated carbocycles. The van der Waals surface area contributed by atoms with E-state index in [4.69, 9.17) is 0 Å². The Balaban J connectivity index is 2.03. The molecule has 2 rings (SSSR count). The largest absolute Gasteiger partial charge is 0.319 e. The zero-order chi connectivity index (χ0) is 11.4. The number of nitrogens with one attached hydrogen (secondary N) is 1. The van der Waals surface area contributed by atoms with E-state index in [1.807, 2.05) is 7.05 Å². The Hall–Kier alpha value is -0.820. The zero-order valence-corrected chi connectivity index (χ0v) is 10.5. The molecule has 1 aromatic rings. The van der Waals surface area contributed by atoms with Crippen molar-refractivity contribution in [2.75, 3.05) is 13.6 Å². The molecule has 0 heterocycles. The third kappa shape index (κ3) is 2.65. The minimum atomic E-state index is 0.614. The molecule has 88 valence electrons. The van der Waals surface area contributed by atoms with Gasteiger partial charge in [0.15, 0.2) is 0 Å². The van der Waals surface area contributed by atoms with Gasteiger partial charge in [0.1, 0.15) is 0 Å². The van der Waals surface area contributed by atoms with Crippen LogP contribution in [0.5, 0.6) is 0 Å². The second kappa shape index (κ2) is 5.49. The summed E-state index contributed by atoms with van der Waals surface area (Å²) < 4.78 is 0. The topological polar surface area (TPSA) is 12.0 Å². The van der Waals surface area contributed by atoms with Crippen LogP contribution in [0.25, 0.3) is 0 Å². The fraction of sp³-hybridized carbons (Fsp3) is 0.600. The summed E-state index contributed by atoms with van der Waals surface area (Å²) in [5.41, 5.74) is 3.01. The van der Waals surface area contributed by atoms with Crippen molar-refractivity contribution in [3.63, 3.8) is 0 Å². The Bertz CT molecular complexity index is 309. The SMILES string of the molecule is CNCC(C)c1ccc(C2CCCC2)cc1. The van der Waals surface area contributed by atoms with Crippen molar-refractivity contribution in [1.82, 2.24) is 5.32 Å². The van der Waals surface area contributed by atoms with Gasteiger partial charge in [-0.25, -0.2) is 0 Å². The van der Waals surface area contributed by atoms with Gasteiger partial charge in [-0.15, -0.1) is 0 Å². The number of likely N-dealkylation sites (N-methyl/N-ethyl adjacent to an activating group) is 1. The molecule has 0 aromatic heterocycles. The van der Waals surface area contributed by atoms with Crippen molar-refractivity contribution < 1.29 is 0 Å². The lowest BCUT2D eigenvalue weighted by atomic mass is 9.93. The highest BCUT2D eigenvalue weighted by Crippen LogP contribution is 2.34. The molecule has 1 N–H and O–H groups in total. The number of rotatable bonds is 4. The van der Waals surface area contributed by atoms with Gasteiger partial charge in [-0.2, -0.15) is 0 Å². The second-order valence-corrected chi connectivity index (χ2v) is 5.11. The highest BCUT2D eigenvalue weighted by atomic mass is 14.8. The smallest absolute Gasteiger partial charge is 0.00144 e. The summed E-state index contributed by atoms with van der Waals surface area (Å²) in [6.07, 6.45) is 5.63. The van der Waals surface area contributed by atoms with Gasteiger partial charge in [0.25, 0.3) is 0 Å². The minimum Gasteiger partial charge on any atom is -0.319 e. The van der Waals surface area contributed by atoms with E-state index >= 15 is 0 Å². The van der Waals surface area contributed by atoms with Crippen LogP contribution >= 0.6 is 0 Å². The van der Waals surface area contributed by atoms with Gasteiger partial charge in [0, 0.05) is 6.54 Å². The van der Waals surface area contributed by atoms with Gasteiger partial charge in [-0.1, -0.05) is 44.0 Å². The molecule has 1 aliphatic rings. The van der Waals surface area contributed by atoms with Gasteiger partial charge in [0.05, 0.1) is 0 Å². The van der Waals surface area contributed by atoms with Crippen LogP contribution in [0.1, 0.15) is 55.6 Å². The summed E-state index contributed by atoms with van der Waals surface area (Å²) in [6, 6.07) is 9.32. The Morgan fingerprint density at radius 1 is 1.19 bits per heavy atom. The molecule has 1 fully saturated rings. The molecule has 1 heteroatoms. The molecule has 16 heavy (non-hydrogen) atoms. The van der Waals surface area contributed by atoms with Crippen LogP contribution in [-0.4, -0.2) is 13.6 Å². The van der Waals surface area contributed by atoms with Gasteiger partial charge in [0.2, 0.25) is 0 Å². The van der Waals surface area contributed by atoms with E-state index in [0.29, 0.717) is 5.92 Å². The maximum absolute atomic E-state index is 3.24. The lowest BCUT2D eigenvalue weighted by Gasteiger charge is -2.14. The highest BCUT2D eigenvalue weighted by molar-refractivity contribution is 5.28. The Kier molecular flexibility index (Phi) is 4.00. The quantitative estimate of drug-likeness (QED) is 0.811. The van der Waals surface area contributed by atoms with Crippen LogP contribution < -0.4 is 5.32 Å². The zero-order valence-electron chi connectivity index (χ0n) is 10.5. The molecule has 1 unspecified atom stereocenters. The first-order valence-corrected chi connectivity index (χ1v) is 6.55. The Morgan fingerprint density at radius 2 is 1.81 bits per heavy atom. The summed E-state index contributed by atoms with van der Waals surface area (Å²) in [5.74, 6) is 1.45. The predicted molar refractivity (Wildman–Crippen MR) is 70.0 cm³/mol. The molecule has 0 radical (unpaired) electrons. The molecular weight excluding hydrogens is 194 g/mol. The fourth-order valence-electron chi connectivity index (χ4n) is 2.78. The molecule has 1 aromatic carbocycles. The first-order chi connectivity index (χ1) is 7.81. The lowest BCUT2D eigenvalue weighted by Crippen LogP contribution is -2.14. The van der Waals surface area contributed by atoms with Crippen LogP contribution in [0.3, 0.4) is 0 Å². The molecular formula is C15H23N. The standard InChI is InChI=1S/C15H23N/c1-12(11-16-2)13-7-9-15(10-8-13)14-5-3-4-6-14/h7-10,12,14,16H,3-6,11H2,1-2H3. The van der Waals surface area contributed by atoms with E-state index in [9.17, 15) is 0 Å². The van der Waals surface area contributed by atoms with Crippen molar-refractivity contribution in [3.8, 4) is 0 Å². The van der Waals surface area contributed by atoms with Gasteiger partial charge >= 0.3 is 0 Å². The van der Waals surface area contributed by atoms with Crippen molar-refractivity contribution in [3.05, 3.63) is 35.4 Å². The summed E-state index contributed by atoms with van der Waals surface area (Å²) in [6.45, 7) is 3.34. The van der Waals surface area contributed by atoms with Gasteiger partial charge in [-0.05, 0) is 42.9 Å². The Labute approximate surface area is 99.3 Å². The predicted octanol–water partition coefficient (Wildman–Crippen LogP) is 3.67. The van der Waals surface area contributed by atoms with Gasteiger partial charge < -0.3 is 5.32 Å². The maximum Gasteiger partial charge on any atom is 0.00144 e. The summed E-state index contributed by atoms with van der Waals surface area (Å²) >= 11 is 0. The van der Waals surface area contributed by atoms with E-state index in [1.54, 1.807) is 5.56 Å². The van der Waals surface area contributed by atoms with Crippen molar-refractivity contribution in [2.24, 2.45) is 0 Å². The van der Waals surface area contributed by atoms with Crippen LogP contribution in [0.4, 0.5) is 0 Å². The first kappa shape index (κ1) is 11.7. The highest BCUT2D eigenvalue weighted by Gasteiger charge is 2.16. The van der Waals surface area contributed by atoms with Gasteiger partial charge in [-0.3, -0.25) is 0 Å². The fourth-order valence-corrected chi connectivity index (χ4v) is 2.78. The monoisotopic (exact) mass is 217 g/mol. The first-order valence-electron chi connectivity index (χ1n) is 6.55. The van der Waals surface area contributed by atoms with Crippen molar-refractivity contribution >= 4 is 0 Å². The van der Waals surface area contributed by atoms with Crippen LogP contribution in [0, 0.1) is 0 Å². The lowest BCUT2D eigenvalue weighted by molar-refractivity contribution is 0.675. The maximum atomic E-state index is 3.24. The van der Waals surface area contributed by atoms with E-state index in [1.165, 1.54) is 31.2 Å². The molecule has 0 amide bonds. The number of hydrogen-bond donors (Lipinski definition) is 1. The molecule has 1 nitrogen and oxygen atoms in total. The average molecular weight is 217 g/mol. The third-order valence-electron chi connectivity index (χ3n) is 3.84. The van der Waals surface area contributed by atoms with E-state index in [-0.39, 0.29) is 0 Å². The molecule has 0 bridgehead atoms. The van der Waals surface area contributed by atoms with Crippen LogP contribution in [-0.2, 0) is 0 Å². The van der Waals surface area contributed by atoms with Crippen molar-refractivity contribution in [1.29, 1.82) is 0 Å². The summed E-state index contributed by atoms with van der Waals surface area (Å²) in [7, 11) is 2.02. The summed E-state index contributed by atoms with van der Waals surface area (Å²) in [4.78, 5) is 0. The molecule has 0 saturated heterocycles. The number of benzene rings is 1. The molecule has 1 atom stereocenters. The molecule has 0 spiro atoms. The normalized spacial score (nSPS) is 18.9. The van der Waals surface area contributed by atoms with Crippen LogP contribution in [0.15, 0.2) is 24.3 Å². The second-order valence-electron chi connectivity index (χ2n) is 5.11. The average Bonchev–Trinajstić information content (AvgIpc) is 2.83. The van der Waals surface area contributed by atoms with Crippen LogP contribution in [0.2, 0.25) is 0 Å². The van der Waals surface area contributed by atoms with Crippen molar-refractivity contribution in [2.45, 2.75) is 44.4 Å².